The molecule has 3 aromatic rings. The molecule has 3 aromatic heterocycles. The number of carbonyl (C=O) groups excluding carboxylic acids is 1. The predicted molar refractivity (Wildman–Crippen MR) is 120 cm³/mol. The van der Waals surface area contributed by atoms with Gasteiger partial charge in [0.05, 0.1) is 11.4 Å². The summed E-state index contributed by atoms with van der Waals surface area (Å²) in [7, 11) is 0. The normalized spacial score (nSPS) is 20.3. The van der Waals surface area contributed by atoms with Crippen LogP contribution in [0.3, 0.4) is 0 Å². The molecule has 0 aromatic carbocycles. The van der Waals surface area contributed by atoms with E-state index in [2.05, 4.69) is 44.7 Å². The molecule has 0 radical (unpaired) electrons. The molecule has 7 heteroatoms. The largest absolute Gasteiger partial charge is 0.356 e. The Morgan fingerprint density at radius 3 is 2.73 bits per heavy atom. The molecule has 0 N–H and O–H groups in total. The van der Waals surface area contributed by atoms with Gasteiger partial charge in [-0.25, -0.2) is 9.97 Å². The fourth-order valence-corrected chi connectivity index (χ4v) is 5.92. The van der Waals surface area contributed by atoms with E-state index in [-0.39, 0.29) is 12.0 Å². The van der Waals surface area contributed by atoms with Crippen LogP contribution in [0.5, 0.6) is 0 Å². The van der Waals surface area contributed by atoms with Crippen LogP contribution in [0.25, 0.3) is 10.2 Å². The summed E-state index contributed by atoms with van der Waals surface area (Å²) in [5, 5.41) is 1.18. The molecule has 2 saturated heterocycles. The van der Waals surface area contributed by atoms with Gasteiger partial charge in [-0.15, -0.1) is 11.3 Å². The van der Waals surface area contributed by atoms with Crippen LogP contribution in [0.4, 0.5) is 5.82 Å². The fraction of sp³-hybridized carbons (Fsp3) is 0.478. The van der Waals surface area contributed by atoms with Crippen molar-refractivity contribution in [2.75, 3.05) is 24.5 Å². The van der Waals surface area contributed by atoms with Crippen LogP contribution in [0, 0.1) is 19.8 Å². The second-order valence-electron chi connectivity index (χ2n) is 8.40. The van der Waals surface area contributed by atoms with Crippen molar-refractivity contribution in [1.82, 2.24) is 19.9 Å². The van der Waals surface area contributed by atoms with E-state index in [0.717, 1.165) is 61.5 Å². The van der Waals surface area contributed by atoms with Crippen LogP contribution in [0.2, 0.25) is 0 Å². The van der Waals surface area contributed by atoms with E-state index in [1.54, 1.807) is 23.9 Å². The van der Waals surface area contributed by atoms with Gasteiger partial charge < -0.3 is 9.80 Å². The summed E-state index contributed by atoms with van der Waals surface area (Å²) in [6.07, 6.45) is 9.23. The van der Waals surface area contributed by atoms with Crippen molar-refractivity contribution in [3.63, 3.8) is 0 Å². The average Bonchev–Trinajstić information content (AvgIpc) is 3.39. The Morgan fingerprint density at radius 2 is 1.97 bits per heavy atom. The van der Waals surface area contributed by atoms with E-state index in [1.165, 1.54) is 15.8 Å². The molecule has 2 fully saturated rings. The summed E-state index contributed by atoms with van der Waals surface area (Å²) in [6.45, 7) is 6.89. The zero-order valence-electron chi connectivity index (χ0n) is 17.5. The van der Waals surface area contributed by atoms with Crippen molar-refractivity contribution in [3.05, 3.63) is 46.9 Å². The highest BCUT2D eigenvalue weighted by Gasteiger charge is 2.36. The van der Waals surface area contributed by atoms with Crippen LogP contribution in [-0.4, -0.2) is 45.4 Å². The summed E-state index contributed by atoms with van der Waals surface area (Å²) < 4.78 is 0. The topological polar surface area (TPSA) is 62.2 Å². The van der Waals surface area contributed by atoms with Gasteiger partial charge in [0.2, 0.25) is 5.91 Å². The third kappa shape index (κ3) is 3.35. The molecule has 2 aliphatic rings. The summed E-state index contributed by atoms with van der Waals surface area (Å²) in [5.74, 6) is 1.44. The quantitative estimate of drug-likeness (QED) is 0.632. The molecule has 1 atom stereocenters. The SMILES string of the molecule is Cc1sc2ncnc(N3CCC(C(=O)N4CCC[C@@H]4c4cccnc4)CC3)c2c1C. The molecular weight excluding hydrogens is 394 g/mol. The first-order valence-corrected chi connectivity index (χ1v) is 11.6. The average molecular weight is 422 g/mol. The van der Waals surface area contributed by atoms with Gasteiger partial charge in [0.25, 0.3) is 0 Å². The van der Waals surface area contributed by atoms with Crippen LogP contribution >= 0.6 is 11.3 Å². The molecule has 156 valence electrons. The summed E-state index contributed by atoms with van der Waals surface area (Å²) >= 11 is 1.73. The zero-order valence-corrected chi connectivity index (χ0v) is 18.4. The molecule has 0 unspecified atom stereocenters. The molecule has 5 rings (SSSR count). The molecule has 30 heavy (non-hydrogen) atoms. The van der Waals surface area contributed by atoms with Crippen molar-refractivity contribution in [2.24, 2.45) is 5.92 Å². The lowest BCUT2D eigenvalue weighted by atomic mass is 9.94. The van der Waals surface area contributed by atoms with E-state index in [1.807, 2.05) is 12.3 Å². The smallest absolute Gasteiger partial charge is 0.226 e. The molecule has 0 aliphatic carbocycles. The Labute approximate surface area is 181 Å². The van der Waals surface area contributed by atoms with Crippen molar-refractivity contribution < 1.29 is 4.79 Å². The van der Waals surface area contributed by atoms with Gasteiger partial charge in [0.15, 0.2) is 0 Å². The zero-order chi connectivity index (χ0) is 20.7. The molecule has 1 amide bonds. The van der Waals surface area contributed by atoms with Gasteiger partial charge in [0.1, 0.15) is 17.0 Å². The second-order valence-corrected chi connectivity index (χ2v) is 9.60. The van der Waals surface area contributed by atoms with Crippen molar-refractivity contribution in [1.29, 1.82) is 0 Å². The Bertz CT molecular complexity index is 1060. The van der Waals surface area contributed by atoms with Crippen LogP contribution in [-0.2, 0) is 4.79 Å². The van der Waals surface area contributed by atoms with E-state index in [9.17, 15) is 4.79 Å². The highest BCUT2D eigenvalue weighted by Crippen LogP contribution is 2.37. The number of pyridine rings is 1. The first-order valence-electron chi connectivity index (χ1n) is 10.8. The maximum Gasteiger partial charge on any atom is 0.226 e. The number of likely N-dealkylation sites (tertiary alicyclic amines) is 1. The number of carbonyl (C=O) groups is 1. The van der Waals surface area contributed by atoms with Gasteiger partial charge in [-0.3, -0.25) is 9.78 Å². The van der Waals surface area contributed by atoms with Gasteiger partial charge >= 0.3 is 0 Å². The van der Waals surface area contributed by atoms with Gasteiger partial charge in [-0.05, 0) is 56.7 Å². The van der Waals surface area contributed by atoms with E-state index >= 15 is 0 Å². The molecular formula is C23H27N5OS. The number of hydrogen-bond donors (Lipinski definition) is 0. The number of aryl methyl sites for hydroxylation is 2. The lowest BCUT2D eigenvalue weighted by Crippen LogP contribution is -2.42. The minimum atomic E-state index is 0.0983. The summed E-state index contributed by atoms with van der Waals surface area (Å²) in [5.41, 5.74) is 2.44. The lowest BCUT2D eigenvalue weighted by molar-refractivity contribution is -0.137. The standard InChI is InChI=1S/C23H27N5OS/c1-15-16(2)30-22-20(15)21(25-14-26-22)27-11-7-17(8-12-27)23(29)28-10-4-6-19(28)18-5-3-9-24-13-18/h3,5,9,13-14,17,19H,4,6-8,10-12H2,1-2H3/t19-/m1/s1. The Hall–Kier alpha value is -2.54. The van der Waals surface area contributed by atoms with E-state index < -0.39 is 0 Å². The first kappa shape index (κ1) is 19.4. The minimum Gasteiger partial charge on any atom is -0.356 e. The van der Waals surface area contributed by atoms with Gasteiger partial charge in [0, 0.05) is 42.8 Å². The maximum atomic E-state index is 13.4. The number of rotatable bonds is 3. The Kier molecular flexibility index (Phi) is 5.15. The predicted octanol–water partition coefficient (Wildman–Crippen LogP) is 4.28. The molecule has 6 nitrogen and oxygen atoms in total. The Morgan fingerprint density at radius 1 is 1.13 bits per heavy atom. The first-order chi connectivity index (χ1) is 14.6. The number of piperidine rings is 1. The number of anilines is 1. The monoisotopic (exact) mass is 421 g/mol. The highest BCUT2D eigenvalue weighted by atomic mass is 32.1. The third-order valence-corrected chi connectivity index (χ3v) is 7.81. The van der Waals surface area contributed by atoms with Gasteiger partial charge in [-0.2, -0.15) is 0 Å². The number of fused-ring (bicyclic) bond motifs is 1. The molecule has 2 aliphatic heterocycles. The number of amides is 1. The fourth-order valence-electron chi connectivity index (χ4n) is 4.93. The number of nitrogens with zero attached hydrogens (tertiary/aromatic N) is 5. The van der Waals surface area contributed by atoms with E-state index in [0.29, 0.717) is 5.91 Å². The summed E-state index contributed by atoms with van der Waals surface area (Å²) in [6, 6.07) is 4.24. The lowest BCUT2D eigenvalue weighted by Gasteiger charge is -2.35. The minimum absolute atomic E-state index is 0.0983. The second kappa shape index (κ2) is 7.95. The molecule has 5 heterocycles. The third-order valence-electron chi connectivity index (χ3n) is 6.69. The van der Waals surface area contributed by atoms with E-state index in [4.69, 9.17) is 0 Å². The van der Waals surface area contributed by atoms with Crippen LogP contribution in [0.1, 0.15) is 47.7 Å². The number of hydrogen-bond acceptors (Lipinski definition) is 6. The van der Waals surface area contributed by atoms with Crippen LogP contribution in [0.15, 0.2) is 30.9 Å². The number of thiophene rings is 1. The maximum absolute atomic E-state index is 13.4. The van der Waals surface area contributed by atoms with Crippen molar-refractivity contribution >= 4 is 33.3 Å². The van der Waals surface area contributed by atoms with Crippen LogP contribution < -0.4 is 4.90 Å². The summed E-state index contributed by atoms with van der Waals surface area (Å²) in [4.78, 5) is 33.5. The molecule has 0 bridgehead atoms. The highest BCUT2D eigenvalue weighted by molar-refractivity contribution is 7.18. The Balaban J connectivity index is 1.30. The van der Waals surface area contributed by atoms with Crippen molar-refractivity contribution in [2.45, 2.75) is 45.6 Å². The van der Waals surface area contributed by atoms with Crippen molar-refractivity contribution in [3.8, 4) is 0 Å². The molecule has 0 spiro atoms. The van der Waals surface area contributed by atoms with Gasteiger partial charge in [-0.1, -0.05) is 6.07 Å². The number of aromatic nitrogens is 3. The molecule has 0 saturated carbocycles.